The van der Waals surface area contributed by atoms with Crippen LogP contribution in [-0.2, 0) is 4.74 Å². The first-order valence-corrected chi connectivity index (χ1v) is 20.1. The molecule has 0 amide bonds. The number of unbranched alkanes of at least 4 members (excludes halogenated alkanes) is 16. The molecule has 0 saturated carbocycles. The minimum absolute atomic E-state index is 0.0784. The molecule has 2 aliphatic rings. The van der Waals surface area contributed by atoms with Crippen LogP contribution in [0.4, 0.5) is 0 Å². The first-order chi connectivity index (χ1) is 23.1. The van der Waals surface area contributed by atoms with Gasteiger partial charge in [0, 0.05) is 23.5 Å². The average Bonchev–Trinajstić information content (AvgIpc) is 3.05. The zero-order chi connectivity index (χ0) is 35.3. The van der Waals surface area contributed by atoms with Gasteiger partial charge in [-0.25, -0.2) is 15.8 Å². The number of aliphatic imine (C=N–C) groups is 3. The molecule has 0 radical (unpaired) electrons. The number of rotatable bonds is 26. The van der Waals surface area contributed by atoms with Gasteiger partial charge >= 0.3 is 0 Å². The molecule has 0 aromatic carbocycles. The van der Waals surface area contributed by atoms with Crippen molar-refractivity contribution in [1.29, 1.82) is 0 Å². The minimum atomic E-state index is -0.445. The Morgan fingerprint density at radius 2 is 1.33 bits per heavy atom. The molecule has 2 heterocycles. The molecule has 0 bridgehead atoms. The molecule has 0 aliphatic carbocycles. The van der Waals surface area contributed by atoms with Crippen LogP contribution in [0.2, 0.25) is 0 Å². The summed E-state index contributed by atoms with van der Waals surface area (Å²) in [6, 6.07) is 0. The van der Waals surface area contributed by atoms with Crippen LogP contribution >= 0.6 is 0 Å². The molecule has 0 aromatic rings. The van der Waals surface area contributed by atoms with Gasteiger partial charge in [0.05, 0.1) is 6.61 Å². The number of hydrogen-bond donors (Lipinski definition) is 3. The van der Waals surface area contributed by atoms with Crippen molar-refractivity contribution >= 4 is 18.2 Å². The van der Waals surface area contributed by atoms with Crippen LogP contribution < -0.4 is 11.2 Å². The molecular weight excluding hydrogens is 598 g/mol. The molecular formula is C39H77N7O2. The number of hydrazine groups is 1. The molecule has 4 N–H and O–H groups in total. The number of ether oxygens (including phenoxy) is 1. The Bertz CT molecular complexity index is 917. The van der Waals surface area contributed by atoms with Gasteiger partial charge in [0.2, 0.25) is 5.96 Å². The van der Waals surface area contributed by atoms with E-state index >= 15 is 0 Å². The van der Waals surface area contributed by atoms with Crippen LogP contribution in [0.15, 0.2) is 15.0 Å². The van der Waals surface area contributed by atoms with E-state index in [0.717, 1.165) is 38.1 Å². The second-order valence-electron chi connectivity index (χ2n) is 16.0. The Morgan fingerprint density at radius 1 is 0.833 bits per heavy atom. The summed E-state index contributed by atoms with van der Waals surface area (Å²) in [6.45, 7) is 16.6. The highest BCUT2D eigenvalue weighted by atomic mass is 16.5. The summed E-state index contributed by atoms with van der Waals surface area (Å²) in [5.41, 5.74) is -0.805. The molecule has 2 aliphatic heterocycles. The first kappa shape index (κ1) is 42.6. The molecule has 48 heavy (non-hydrogen) atoms. The van der Waals surface area contributed by atoms with E-state index in [2.05, 4.69) is 58.8 Å². The Labute approximate surface area is 296 Å². The third-order valence-electron chi connectivity index (χ3n) is 10.5. The van der Waals surface area contributed by atoms with Crippen molar-refractivity contribution < 1.29 is 9.94 Å². The zero-order valence-electron chi connectivity index (χ0n) is 32.4. The number of guanidine groups is 1. The highest BCUT2D eigenvalue weighted by molar-refractivity contribution is 6.00. The van der Waals surface area contributed by atoms with Gasteiger partial charge in [-0.2, -0.15) is 15.0 Å². The van der Waals surface area contributed by atoms with E-state index in [1.165, 1.54) is 132 Å². The maximum absolute atomic E-state index is 10.9. The molecule has 1 fully saturated rings. The monoisotopic (exact) mass is 676 g/mol. The highest BCUT2D eigenvalue weighted by Gasteiger charge is 2.47. The fourth-order valence-electron chi connectivity index (χ4n) is 7.46. The highest BCUT2D eigenvalue weighted by Crippen LogP contribution is 2.41. The Balaban J connectivity index is 1.78. The van der Waals surface area contributed by atoms with Crippen LogP contribution in [0.3, 0.4) is 0 Å². The van der Waals surface area contributed by atoms with Gasteiger partial charge < -0.3 is 9.94 Å². The van der Waals surface area contributed by atoms with E-state index in [9.17, 15) is 5.21 Å². The summed E-state index contributed by atoms with van der Waals surface area (Å²) >= 11 is 0. The largest absolute Gasteiger partial charge is 0.483 e. The predicted octanol–water partition coefficient (Wildman–Crippen LogP) is 9.98. The number of amidine groups is 1. The van der Waals surface area contributed by atoms with Crippen molar-refractivity contribution in [1.82, 2.24) is 15.4 Å². The summed E-state index contributed by atoms with van der Waals surface area (Å²) < 4.78 is 5.81. The van der Waals surface area contributed by atoms with Crippen molar-refractivity contribution in [3.05, 3.63) is 0 Å². The molecule has 2 rings (SSSR count). The fourth-order valence-corrected chi connectivity index (χ4v) is 7.46. The van der Waals surface area contributed by atoms with Crippen molar-refractivity contribution in [3.63, 3.8) is 0 Å². The Hall–Kier alpha value is -1.55. The van der Waals surface area contributed by atoms with Crippen molar-refractivity contribution in [3.8, 4) is 0 Å². The van der Waals surface area contributed by atoms with Gasteiger partial charge in [-0.3, -0.25) is 5.32 Å². The summed E-state index contributed by atoms with van der Waals surface area (Å²) in [4.78, 5) is 14.5. The van der Waals surface area contributed by atoms with Crippen LogP contribution in [-0.4, -0.2) is 64.0 Å². The second-order valence-corrected chi connectivity index (χ2v) is 16.0. The number of hydrogen-bond acceptors (Lipinski definition) is 9. The molecule has 2 atom stereocenters. The van der Waals surface area contributed by atoms with E-state index in [1.807, 2.05) is 0 Å². The van der Waals surface area contributed by atoms with Gasteiger partial charge in [0.1, 0.15) is 5.84 Å². The van der Waals surface area contributed by atoms with Crippen LogP contribution in [0, 0.1) is 11.8 Å². The summed E-state index contributed by atoms with van der Waals surface area (Å²) in [5, 5.41) is 17.5. The van der Waals surface area contributed by atoms with Crippen LogP contribution in [0.1, 0.15) is 190 Å². The lowest BCUT2D eigenvalue weighted by Crippen LogP contribution is -2.60. The molecule has 2 unspecified atom stereocenters. The van der Waals surface area contributed by atoms with Gasteiger partial charge in [-0.1, -0.05) is 136 Å². The molecule has 0 aromatic heterocycles. The maximum atomic E-state index is 10.9. The second kappa shape index (κ2) is 23.8. The van der Waals surface area contributed by atoms with Crippen LogP contribution in [0.5, 0.6) is 0 Å². The van der Waals surface area contributed by atoms with Crippen molar-refractivity contribution in [2.45, 2.75) is 207 Å². The summed E-state index contributed by atoms with van der Waals surface area (Å²) in [5.74, 6) is 8.37. The molecule has 9 nitrogen and oxygen atoms in total. The predicted molar refractivity (Wildman–Crippen MR) is 204 cm³/mol. The lowest BCUT2D eigenvalue weighted by Gasteiger charge is -2.51. The topological polar surface area (TPSA) is 111 Å². The smallest absolute Gasteiger partial charge is 0.247 e. The third kappa shape index (κ3) is 16.0. The van der Waals surface area contributed by atoms with Gasteiger partial charge in [0.15, 0.2) is 12.7 Å². The number of nitrogens with two attached hydrogens (primary N) is 1. The Morgan fingerprint density at radius 3 is 1.83 bits per heavy atom. The van der Waals surface area contributed by atoms with Crippen LogP contribution in [0.25, 0.3) is 0 Å². The minimum Gasteiger partial charge on any atom is -0.483 e. The van der Waals surface area contributed by atoms with Crippen molar-refractivity contribution in [2.24, 2.45) is 32.7 Å². The van der Waals surface area contributed by atoms with E-state index in [1.54, 1.807) is 0 Å². The molecule has 1 saturated heterocycles. The number of piperidine rings is 1. The fraction of sp³-hybridized carbons (Fsp3) is 0.923. The lowest BCUT2D eigenvalue weighted by atomic mass is 9.75. The number of nitrogens with one attached hydrogen (secondary N) is 1. The average molecular weight is 676 g/mol. The van der Waals surface area contributed by atoms with Gasteiger partial charge in [-0.15, -0.1) is 0 Å². The van der Waals surface area contributed by atoms with E-state index < -0.39 is 17.4 Å². The normalized spacial score (nSPS) is 20.7. The summed E-state index contributed by atoms with van der Waals surface area (Å²) in [7, 11) is 0. The SMILES string of the molecule is CCCCCCCCCCCCCCCCCCOC=NC1=NC(C2CC(C)(C)N(O)C(C)(C)C2)=NC(NCC(CC)CCCC)N1N. The number of hydroxylamine groups is 2. The van der Waals surface area contributed by atoms with Gasteiger partial charge in [-0.05, 0) is 59.3 Å². The lowest BCUT2D eigenvalue weighted by molar-refractivity contribution is -0.246. The number of nitrogens with zero attached hydrogens (tertiary/aromatic N) is 5. The standard InChI is InChI=1S/C39H77N7O2/c1-8-11-13-14-15-16-17-18-19-20-21-22-23-24-25-26-28-48-32-42-37-44-35(34-29-38(4,5)46(47)39(6,7)30-34)43-36(45(37)40)41-31-33(10-3)27-12-9-2/h32-34,36,41,47H,8-31,40H2,1-7H3. The molecule has 9 heteroatoms. The summed E-state index contributed by atoms with van der Waals surface area (Å²) in [6.07, 6.45) is 29.0. The molecule has 0 spiro atoms. The first-order valence-electron chi connectivity index (χ1n) is 20.1. The van der Waals surface area contributed by atoms with E-state index in [-0.39, 0.29) is 5.92 Å². The molecule has 280 valence electrons. The van der Waals surface area contributed by atoms with Gasteiger partial charge in [0.25, 0.3) is 0 Å². The maximum Gasteiger partial charge on any atom is 0.247 e. The Kier molecular flexibility index (Phi) is 21.1. The van der Waals surface area contributed by atoms with Crippen molar-refractivity contribution in [2.75, 3.05) is 13.2 Å². The quantitative estimate of drug-likeness (QED) is 0.0364. The van der Waals surface area contributed by atoms with E-state index in [0.29, 0.717) is 18.5 Å². The van der Waals surface area contributed by atoms with E-state index in [4.69, 9.17) is 20.6 Å². The third-order valence-corrected chi connectivity index (χ3v) is 10.5. The zero-order valence-corrected chi connectivity index (χ0v) is 32.4.